The lowest BCUT2D eigenvalue weighted by Gasteiger charge is -2.16. The van der Waals surface area contributed by atoms with Crippen molar-refractivity contribution in [2.75, 3.05) is 13.2 Å². The van der Waals surface area contributed by atoms with E-state index in [1.807, 2.05) is 6.92 Å². The number of nitrogens with two attached hydrogens (primary N) is 1. The number of nitrogens with one attached hydrogen (secondary N) is 1. The summed E-state index contributed by atoms with van der Waals surface area (Å²) in [5, 5.41) is 0. The summed E-state index contributed by atoms with van der Waals surface area (Å²) >= 11 is 0. The van der Waals surface area contributed by atoms with Crippen LogP contribution in [-0.2, 0) is 11.2 Å². The topological polar surface area (TPSA) is 47.3 Å². The molecule has 102 valence electrons. The normalized spacial score (nSPS) is 12.7. The summed E-state index contributed by atoms with van der Waals surface area (Å²) in [6.45, 7) is 3.32. The highest BCUT2D eigenvalue weighted by Crippen LogP contribution is 2.12. The van der Waals surface area contributed by atoms with Crippen LogP contribution in [0.15, 0.2) is 18.2 Å². The molecule has 0 aromatic heterocycles. The maximum absolute atomic E-state index is 13.5. The van der Waals surface area contributed by atoms with Crippen molar-refractivity contribution in [3.05, 3.63) is 35.4 Å². The van der Waals surface area contributed by atoms with E-state index in [1.54, 1.807) is 0 Å². The van der Waals surface area contributed by atoms with E-state index in [-0.39, 0.29) is 6.04 Å². The number of hydrogen-bond acceptors (Lipinski definition) is 3. The van der Waals surface area contributed by atoms with E-state index in [0.717, 1.165) is 12.5 Å². The fraction of sp³-hybridized carbons (Fsp3) is 0.538. The van der Waals surface area contributed by atoms with Crippen LogP contribution in [0.1, 0.15) is 25.3 Å². The fourth-order valence-electron chi connectivity index (χ4n) is 1.67. The van der Waals surface area contributed by atoms with Gasteiger partial charge >= 0.3 is 0 Å². The maximum atomic E-state index is 13.5. The molecule has 0 saturated carbocycles. The predicted molar refractivity (Wildman–Crippen MR) is 66.9 cm³/mol. The van der Waals surface area contributed by atoms with E-state index < -0.39 is 11.6 Å². The highest BCUT2D eigenvalue weighted by Gasteiger charge is 2.11. The van der Waals surface area contributed by atoms with E-state index in [2.05, 4.69) is 5.43 Å². The minimum Gasteiger partial charge on any atom is -0.381 e. The first-order valence-electron chi connectivity index (χ1n) is 6.15. The van der Waals surface area contributed by atoms with Gasteiger partial charge in [0.25, 0.3) is 0 Å². The average molecular weight is 258 g/mol. The Bertz CT molecular complexity index is 361. The fourth-order valence-corrected chi connectivity index (χ4v) is 1.67. The van der Waals surface area contributed by atoms with Gasteiger partial charge in [0, 0.05) is 25.3 Å². The van der Waals surface area contributed by atoms with Gasteiger partial charge in [-0.15, -0.1) is 0 Å². The second-order valence-corrected chi connectivity index (χ2v) is 4.20. The molecule has 0 heterocycles. The minimum atomic E-state index is -0.570. The maximum Gasteiger partial charge on any atom is 0.129 e. The van der Waals surface area contributed by atoms with Gasteiger partial charge in [0.1, 0.15) is 11.6 Å². The number of hydrogen-bond donors (Lipinski definition) is 2. The summed E-state index contributed by atoms with van der Waals surface area (Å²) in [5.74, 6) is 4.31. The Hall–Kier alpha value is -1.04. The number of rotatable bonds is 8. The first-order valence-corrected chi connectivity index (χ1v) is 6.15. The lowest BCUT2D eigenvalue weighted by Crippen LogP contribution is -2.37. The molecule has 0 aliphatic rings. The van der Waals surface area contributed by atoms with Crippen molar-refractivity contribution >= 4 is 0 Å². The highest BCUT2D eigenvalue weighted by atomic mass is 19.1. The zero-order chi connectivity index (χ0) is 13.4. The third kappa shape index (κ3) is 5.08. The third-order valence-electron chi connectivity index (χ3n) is 2.68. The molecule has 0 aliphatic carbocycles. The Kier molecular flexibility index (Phi) is 6.78. The molecule has 0 bridgehead atoms. The SMILES string of the molecule is CCCOCCC(Cc1ccc(F)cc1F)NN. The van der Waals surface area contributed by atoms with Gasteiger partial charge < -0.3 is 4.74 Å². The van der Waals surface area contributed by atoms with E-state index >= 15 is 0 Å². The van der Waals surface area contributed by atoms with Crippen LogP contribution in [0.4, 0.5) is 8.78 Å². The zero-order valence-corrected chi connectivity index (χ0v) is 10.6. The molecule has 1 rings (SSSR count). The molecule has 1 unspecified atom stereocenters. The summed E-state index contributed by atoms with van der Waals surface area (Å²) in [6, 6.07) is 3.50. The summed E-state index contributed by atoms with van der Waals surface area (Å²) in [5.41, 5.74) is 3.08. The van der Waals surface area contributed by atoms with Crippen LogP contribution in [0, 0.1) is 11.6 Å². The van der Waals surface area contributed by atoms with E-state index in [9.17, 15) is 8.78 Å². The van der Waals surface area contributed by atoms with Crippen molar-refractivity contribution in [3.8, 4) is 0 Å². The summed E-state index contributed by atoms with van der Waals surface area (Å²) < 4.78 is 31.6. The van der Waals surface area contributed by atoms with Crippen LogP contribution in [0.2, 0.25) is 0 Å². The first-order chi connectivity index (χ1) is 8.67. The van der Waals surface area contributed by atoms with Gasteiger partial charge in [0.05, 0.1) is 0 Å². The Morgan fingerprint density at radius 2 is 2.11 bits per heavy atom. The quantitative estimate of drug-likeness (QED) is 0.427. The number of halogens is 2. The molecule has 0 radical (unpaired) electrons. The largest absolute Gasteiger partial charge is 0.381 e. The standard InChI is InChI=1S/C13H20F2N2O/c1-2-6-18-7-5-12(17-16)8-10-3-4-11(14)9-13(10)15/h3-4,9,12,17H,2,5-8,16H2,1H3. The molecule has 0 amide bonds. The number of ether oxygens (including phenoxy) is 1. The van der Waals surface area contributed by atoms with Crippen molar-refractivity contribution in [1.29, 1.82) is 0 Å². The Morgan fingerprint density at radius 1 is 1.33 bits per heavy atom. The van der Waals surface area contributed by atoms with E-state index in [1.165, 1.54) is 12.1 Å². The molecule has 3 N–H and O–H groups in total. The molecular formula is C13H20F2N2O. The number of hydrazine groups is 1. The van der Waals surface area contributed by atoms with Gasteiger partial charge in [-0.3, -0.25) is 11.3 Å². The first kappa shape index (κ1) is 15.0. The van der Waals surface area contributed by atoms with E-state index in [0.29, 0.717) is 31.6 Å². The molecule has 1 aromatic rings. The van der Waals surface area contributed by atoms with E-state index in [4.69, 9.17) is 10.6 Å². The van der Waals surface area contributed by atoms with Crippen LogP contribution in [0.5, 0.6) is 0 Å². The molecule has 1 aromatic carbocycles. The summed E-state index contributed by atoms with van der Waals surface area (Å²) in [6.07, 6.45) is 2.07. The molecule has 5 heteroatoms. The van der Waals surface area contributed by atoms with Gasteiger partial charge in [0.15, 0.2) is 0 Å². The Morgan fingerprint density at radius 3 is 2.72 bits per heavy atom. The molecule has 0 fully saturated rings. The van der Waals surface area contributed by atoms with Crippen LogP contribution in [0.3, 0.4) is 0 Å². The lowest BCUT2D eigenvalue weighted by molar-refractivity contribution is 0.124. The molecular weight excluding hydrogens is 238 g/mol. The minimum absolute atomic E-state index is 0.0817. The van der Waals surface area contributed by atoms with Gasteiger partial charge in [-0.1, -0.05) is 13.0 Å². The molecule has 1 atom stereocenters. The van der Waals surface area contributed by atoms with Crippen LogP contribution in [0.25, 0.3) is 0 Å². The van der Waals surface area contributed by atoms with Crippen LogP contribution < -0.4 is 11.3 Å². The predicted octanol–water partition coefficient (Wildman–Crippen LogP) is 2.16. The van der Waals surface area contributed by atoms with Crippen LogP contribution in [-0.4, -0.2) is 19.3 Å². The van der Waals surface area contributed by atoms with Gasteiger partial charge in [-0.25, -0.2) is 8.78 Å². The Labute approximate surface area is 106 Å². The lowest BCUT2D eigenvalue weighted by atomic mass is 10.0. The number of benzene rings is 1. The highest BCUT2D eigenvalue weighted by molar-refractivity contribution is 5.19. The van der Waals surface area contributed by atoms with Gasteiger partial charge in [0.2, 0.25) is 0 Å². The van der Waals surface area contributed by atoms with Crippen molar-refractivity contribution in [2.45, 2.75) is 32.2 Å². The van der Waals surface area contributed by atoms with Crippen molar-refractivity contribution in [2.24, 2.45) is 5.84 Å². The van der Waals surface area contributed by atoms with Crippen molar-refractivity contribution in [3.63, 3.8) is 0 Å². The molecule has 3 nitrogen and oxygen atoms in total. The monoisotopic (exact) mass is 258 g/mol. The van der Waals surface area contributed by atoms with Crippen molar-refractivity contribution < 1.29 is 13.5 Å². The van der Waals surface area contributed by atoms with Crippen molar-refractivity contribution in [1.82, 2.24) is 5.43 Å². The molecule has 0 aliphatic heterocycles. The van der Waals surface area contributed by atoms with Gasteiger partial charge in [-0.2, -0.15) is 0 Å². The molecule has 0 spiro atoms. The average Bonchev–Trinajstić information content (AvgIpc) is 2.35. The molecule has 0 saturated heterocycles. The zero-order valence-electron chi connectivity index (χ0n) is 10.6. The van der Waals surface area contributed by atoms with Crippen LogP contribution >= 0.6 is 0 Å². The Balaban J connectivity index is 2.46. The third-order valence-corrected chi connectivity index (χ3v) is 2.68. The molecule has 18 heavy (non-hydrogen) atoms. The second-order valence-electron chi connectivity index (χ2n) is 4.20. The second kappa shape index (κ2) is 8.13. The summed E-state index contributed by atoms with van der Waals surface area (Å²) in [7, 11) is 0. The smallest absolute Gasteiger partial charge is 0.129 e. The summed E-state index contributed by atoms with van der Waals surface area (Å²) in [4.78, 5) is 0. The van der Waals surface area contributed by atoms with Gasteiger partial charge in [-0.05, 0) is 30.9 Å².